The maximum atomic E-state index is 4.43. The monoisotopic (exact) mass is 415 g/mol. The predicted molar refractivity (Wildman–Crippen MR) is 102 cm³/mol. The van der Waals surface area contributed by atoms with Crippen LogP contribution in [0.1, 0.15) is 32.1 Å². The number of rotatable bonds is 3. The Morgan fingerprint density at radius 3 is 2.32 bits per heavy atom. The van der Waals surface area contributed by atoms with E-state index in [1.807, 2.05) is 19.3 Å². The van der Waals surface area contributed by atoms with Crippen LogP contribution in [-0.4, -0.2) is 43.2 Å². The van der Waals surface area contributed by atoms with Crippen LogP contribution in [0.5, 0.6) is 0 Å². The van der Waals surface area contributed by atoms with Gasteiger partial charge in [-0.15, -0.1) is 24.0 Å². The highest BCUT2D eigenvalue weighted by Gasteiger charge is 2.23. The van der Waals surface area contributed by atoms with Crippen molar-refractivity contribution in [2.45, 2.75) is 44.2 Å². The minimum atomic E-state index is 0. The second kappa shape index (κ2) is 8.55. The number of hydrogen-bond donors (Lipinski definition) is 2. The maximum absolute atomic E-state index is 4.43. The van der Waals surface area contributed by atoms with Crippen LogP contribution in [0, 0.1) is 0 Å². The average Bonchev–Trinajstić information content (AvgIpc) is 2.51. The van der Waals surface area contributed by atoms with E-state index in [1.165, 1.54) is 19.3 Å². The van der Waals surface area contributed by atoms with Crippen LogP contribution in [-0.2, 0) is 0 Å². The van der Waals surface area contributed by atoms with Gasteiger partial charge < -0.3 is 15.5 Å². The molecule has 22 heavy (non-hydrogen) atoms. The van der Waals surface area contributed by atoms with Gasteiger partial charge in [0.1, 0.15) is 5.82 Å². The van der Waals surface area contributed by atoms with Crippen LogP contribution in [0.3, 0.4) is 0 Å². The molecule has 1 aliphatic heterocycles. The van der Waals surface area contributed by atoms with E-state index in [9.17, 15) is 0 Å². The van der Waals surface area contributed by atoms with E-state index in [0.717, 1.165) is 37.7 Å². The largest absolute Gasteiger partial charge is 0.356 e. The molecule has 1 aliphatic carbocycles. The zero-order valence-electron chi connectivity index (χ0n) is 13.2. The number of pyridine rings is 1. The summed E-state index contributed by atoms with van der Waals surface area (Å²) in [6.45, 7) is 2.10. The number of nitrogens with one attached hydrogen (secondary N) is 2. The SMILES string of the molecule is CN=C(NC1CCC1)NC1CCN(c2ccccn2)CC1.I. The Morgan fingerprint density at radius 1 is 1.14 bits per heavy atom. The normalized spacial score (nSPS) is 20.0. The van der Waals surface area contributed by atoms with Gasteiger partial charge in [0.25, 0.3) is 0 Å². The minimum absolute atomic E-state index is 0. The average molecular weight is 415 g/mol. The van der Waals surface area contributed by atoms with Gasteiger partial charge in [-0.3, -0.25) is 4.99 Å². The molecule has 122 valence electrons. The summed E-state index contributed by atoms with van der Waals surface area (Å²) in [4.78, 5) is 11.1. The lowest BCUT2D eigenvalue weighted by atomic mass is 9.93. The number of guanidine groups is 1. The summed E-state index contributed by atoms with van der Waals surface area (Å²) in [6, 6.07) is 7.25. The molecule has 0 aromatic carbocycles. The molecule has 5 nitrogen and oxygen atoms in total. The zero-order valence-corrected chi connectivity index (χ0v) is 15.5. The molecule has 1 aromatic rings. The second-order valence-electron chi connectivity index (χ2n) is 5.94. The van der Waals surface area contributed by atoms with E-state index in [1.54, 1.807) is 0 Å². The molecule has 2 aliphatic rings. The third kappa shape index (κ3) is 4.47. The molecule has 6 heteroatoms. The molecule has 2 fully saturated rings. The van der Waals surface area contributed by atoms with Gasteiger partial charge in [-0.2, -0.15) is 0 Å². The first-order valence-electron chi connectivity index (χ1n) is 8.01. The Bertz CT molecular complexity index is 467. The van der Waals surface area contributed by atoms with Crippen LogP contribution < -0.4 is 15.5 Å². The van der Waals surface area contributed by atoms with Gasteiger partial charge in [0, 0.05) is 38.4 Å². The molecule has 2 N–H and O–H groups in total. The number of nitrogens with zero attached hydrogens (tertiary/aromatic N) is 3. The van der Waals surface area contributed by atoms with Crippen molar-refractivity contribution >= 4 is 35.8 Å². The van der Waals surface area contributed by atoms with Gasteiger partial charge >= 0.3 is 0 Å². The first-order chi connectivity index (χ1) is 10.3. The summed E-state index contributed by atoms with van der Waals surface area (Å²) in [5, 5.41) is 7.07. The molecular formula is C16H26IN5. The van der Waals surface area contributed by atoms with Crippen LogP contribution in [0.25, 0.3) is 0 Å². The maximum Gasteiger partial charge on any atom is 0.191 e. The van der Waals surface area contributed by atoms with Crippen molar-refractivity contribution in [3.05, 3.63) is 24.4 Å². The van der Waals surface area contributed by atoms with Gasteiger partial charge in [0.05, 0.1) is 0 Å². The Labute approximate surface area is 150 Å². The van der Waals surface area contributed by atoms with Crippen LogP contribution in [0.2, 0.25) is 0 Å². The van der Waals surface area contributed by atoms with E-state index in [-0.39, 0.29) is 24.0 Å². The van der Waals surface area contributed by atoms with Crippen LogP contribution in [0.4, 0.5) is 5.82 Å². The smallest absolute Gasteiger partial charge is 0.191 e. The van der Waals surface area contributed by atoms with E-state index in [4.69, 9.17) is 0 Å². The Hall–Kier alpha value is -1.05. The van der Waals surface area contributed by atoms with Gasteiger partial charge in [0.15, 0.2) is 5.96 Å². The van der Waals surface area contributed by atoms with Crippen molar-refractivity contribution in [3.63, 3.8) is 0 Å². The first-order valence-corrected chi connectivity index (χ1v) is 8.01. The fraction of sp³-hybridized carbons (Fsp3) is 0.625. The molecule has 3 rings (SSSR count). The molecule has 1 aromatic heterocycles. The molecule has 1 saturated heterocycles. The van der Waals surface area contributed by atoms with E-state index < -0.39 is 0 Å². The highest BCUT2D eigenvalue weighted by atomic mass is 127. The van der Waals surface area contributed by atoms with Gasteiger partial charge in [0.2, 0.25) is 0 Å². The number of piperidine rings is 1. The van der Waals surface area contributed by atoms with Crippen LogP contribution >= 0.6 is 24.0 Å². The standard InChI is InChI=1S/C16H25N5.HI/c1-17-16(19-13-5-4-6-13)20-14-8-11-21(12-9-14)15-7-2-3-10-18-15;/h2-3,7,10,13-14H,4-6,8-9,11-12H2,1H3,(H2,17,19,20);1H. The molecule has 0 spiro atoms. The Kier molecular flexibility index (Phi) is 6.72. The Balaban J connectivity index is 0.00000176. The van der Waals surface area contributed by atoms with Crippen molar-refractivity contribution in [2.75, 3.05) is 25.0 Å². The molecule has 1 saturated carbocycles. The lowest BCUT2D eigenvalue weighted by molar-refractivity contribution is 0.374. The lowest BCUT2D eigenvalue weighted by Crippen LogP contribution is -2.52. The topological polar surface area (TPSA) is 52.6 Å². The number of aliphatic imine (C=N–C) groups is 1. The number of halogens is 1. The van der Waals surface area contributed by atoms with E-state index in [0.29, 0.717) is 12.1 Å². The summed E-state index contributed by atoms with van der Waals surface area (Å²) in [5.41, 5.74) is 0. The van der Waals surface area contributed by atoms with Gasteiger partial charge in [-0.05, 0) is 44.2 Å². The van der Waals surface area contributed by atoms with Crippen LogP contribution in [0.15, 0.2) is 29.4 Å². The molecular weight excluding hydrogens is 389 g/mol. The summed E-state index contributed by atoms with van der Waals surface area (Å²) < 4.78 is 0. The third-order valence-corrected chi connectivity index (χ3v) is 4.48. The summed E-state index contributed by atoms with van der Waals surface area (Å²) in [5.74, 6) is 2.06. The lowest BCUT2D eigenvalue weighted by Gasteiger charge is -2.35. The van der Waals surface area contributed by atoms with Crippen molar-refractivity contribution in [1.82, 2.24) is 15.6 Å². The van der Waals surface area contributed by atoms with Crippen molar-refractivity contribution in [1.29, 1.82) is 0 Å². The minimum Gasteiger partial charge on any atom is -0.356 e. The highest BCUT2D eigenvalue weighted by molar-refractivity contribution is 14.0. The second-order valence-corrected chi connectivity index (χ2v) is 5.94. The van der Waals surface area contributed by atoms with Crippen molar-refractivity contribution in [2.24, 2.45) is 4.99 Å². The molecule has 2 heterocycles. The zero-order chi connectivity index (χ0) is 14.5. The van der Waals surface area contributed by atoms with Crippen molar-refractivity contribution in [3.8, 4) is 0 Å². The fourth-order valence-corrected chi connectivity index (χ4v) is 2.90. The van der Waals surface area contributed by atoms with E-state index in [2.05, 4.69) is 37.6 Å². The van der Waals surface area contributed by atoms with Crippen molar-refractivity contribution < 1.29 is 0 Å². The molecule has 0 atom stereocenters. The molecule has 0 amide bonds. The fourth-order valence-electron chi connectivity index (χ4n) is 2.90. The number of aromatic nitrogens is 1. The molecule has 0 unspecified atom stereocenters. The summed E-state index contributed by atoms with van der Waals surface area (Å²) >= 11 is 0. The summed E-state index contributed by atoms with van der Waals surface area (Å²) in [7, 11) is 1.86. The molecule has 0 bridgehead atoms. The first kappa shape index (κ1) is 17.3. The third-order valence-electron chi connectivity index (χ3n) is 4.48. The number of anilines is 1. The van der Waals surface area contributed by atoms with Gasteiger partial charge in [-0.25, -0.2) is 4.98 Å². The van der Waals surface area contributed by atoms with E-state index >= 15 is 0 Å². The predicted octanol–water partition coefficient (Wildman–Crippen LogP) is 2.39. The number of hydrogen-bond acceptors (Lipinski definition) is 3. The highest BCUT2D eigenvalue weighted by Crippen LogP contribution is 2.19. The molecule has 0 radical (unpaired) electrons. The quantitative estimate of drug-likeness (QED) is 0.452. The van der Waals surface area contributed by atoms with Gasteiger partial charge in [-0.1, -0.05) is 6.07 Å². The Morgan fingerprint density at radius 2 is 1.82 bits per heavy atom. The summed E-state index contributed by atoms with van der Waals surface area (Å²) in [6.07, 6.45) is 8.02.